The maximum Gasteiger partial charge on any atom is 0.221 e. The lowest BCUT2D eigenvalue weighted by Crippen LogP contribution is -2.30. The van der Waals surface area contributed by atoms with Gasteiger partial charge in [0, 0.05) is 19.5 Å². The van der Waals surface area contributed by atoms with Crippen LogP contribution in [0.4, 0.5) is 0 Å². The van der Waals surface area contributed by atoms with Crippen molar-refractivity contribution in [2.24, 2.45) is 5.41 Å². The summed E-state index contributed by atoms with van der Waals surface area (Å²) in [5.74, 6) is 0.164. The van der Waals surface area contributed by atoms with Crippen molar-refractivity contribution < 1.29 is 4.79 Å². The summed E-state index contributed by atoms with van der Waals surface area (Å²) >= 11 is 0. The SMILES string of the molecule is CNCCC(=O)NCC1(C)CC1. The fourth-order valence-corrected chi connectivity index (χ4v) is 1.03. The number of hydrogen-bond acceptors (Lipinski definition) is 2. The number of carbonyl (C=O) groups is 1. The van der Waals surface area contributed by atoms with Gasteiger partial charge in [0.15, 0.2) is 0 Å². The van der Waals surface area contributed by atoms with Crippen LogP contribution in [0.5, 0.6) is 0 Å². The first-order chi connectivity index (χ1) is 5.66. The summed E-state index contributed by atoms with van der Waals surface area (Å²) in [5.41, 5.74) is 0.426. The van der Waals surface area contributed by atoms with Crippen molar-refractivity contribution in [2.45, 2.75) is 26.2 Å². The minimum Gasteiger partial charge on any atom is -0.356 e. The first-order valence-corrected chi connectivity index (χ1v) is 4.58. The van der Waals surface area contributed by atoms with Crippen molar-refractivity contribution >= 4 is 5.91 Å². The van der Waals surface area contributed by atoms with Gasteiger partial charge in [-0.25, -0.2) is 0 Å². The Labute approximate surface area is 73.9 Å². The van der Waals surface area contributed by atoms with E-state index in [1.165, 1.54) is 12.8 Å². The summed E-state index contributed by atoms with van der Waals surface area (Å²) in [7, 11) is 1.86. The molecule has 1 saturated carbocycles. The van der Waals surface area contributed by atoms with Crippen LogP contribution in [0, 0.1) is 5.41 Å². The number of nitrogens with one attached hydrogen (secondary N) is 2. The molecular formula is C9H18N2O. The van der Waals surface area contributed by atoms with Gasteiger partial charge in [0.2, 0.25) is 5.91 Å². The lowest BCUT2D eigenvalue weighted by molar-refractivity contribution is -0.121. The predicted molar refractivity (Wildman–Crippen MR) is 48.9 cm³/mol. The number of amides is 1. The molecule has 0 aromatic heterocycles. The van der Waals surface area contributed by atoms with Crippen LogP contribution in [0.25, 0.3) is 0 Å². The molecule has 3 heteroatoms. The van der Waals surface area contributed by atoms with Gasteiger partial charge in [0.25, 0.3) is 0 Å². The molecule has 0 aliphatic heterocycles. The average Bonchev–Trinajstić information content (AvgIpc) is 2.77. The van der Waals surface area contributed by atoms with Crippen LogP contribution in [0.1, 0.15) is 26.2 Å². The van der Waals surface area contributed by atoms with Gasteiger partial charge < -0.3 is 10.6 Å². The Hall–Kier alpha value is -0.570. The highest BCUT2D eigenvalue weighted by atomic mass is 16.1. The topological polar surface area (TPSA) is 41.1 Å². The molecule has 0 bridgehead atoms. The minimum atomic E-state index is 0.164. The van der Waals surface area contributed by atoms with Crippen LogP contribution in [-0.4, -0.2) is 26.0 Å². The zero-order valence-corrected chi connectivity index (χ0v) is 7.94. The minimum absolute atomic E-state index is 0.164. The predicted octanol–water partition coefficient (Wildman–Crippen LogP) is 0.512. The Morgan fingerprint density at radius 2 is 2.17 bits per heavy atom. The molecule has 1 aliphatic rings. The molecule has 1 rings (SSSR count). The average molecular weight is 170 g/mol. The Morgan fingerprint density at radius 3 is 2.67 bits per heavy atom. The van der Waals surface area contributed by atoms with E-state index in [4.69, 9.17) is 0 Å². The maximum absolute atomic E-state index is 11.1. The van der Waals surface area contributed by atoms with E-state index in [0.29, 0.717) is 11.8 Å². The molecular weight excluding hydrogens is 152 g/mol. The third-order valence-corrected chi connectivity index (χ3v) is 2.42. The Morgan fingerprint density at radius 1 is 1.50 bits per heavy atom. The van der Waals surface area contributed by atoms with Crippen molar-refractivity contribution in [1.29, 1.82) is 0 Å². The van der Waals surface area contributed by atoms with Gasteiger partial charge in [0.1, 0.15) is 0 Å². The number of hydrogen-bond donors (Lipinski definition) is 2. The Bertz CT molecular complexity index is 164. The molecule has 12 heavy (non-hydrogen) atoms. The largest absolute Gasteiger partial charge is 0.356 e. The van der Waals surface area contributed by atoms with Gasteiger partial charge in [-0.05, 0) is 25.3 Å². The highest BCUT2D eigenvalue weighted by molar-refractivity contribution is 5.76. The molecule has 0 saturated heterocycles. The summed E-state index contributed by atoms with van der Waals surface area (Å²) < 4.78 is 0. The van der Waals surface area contributed by atoms with Crippen molar-refractivity contribution in [1.82, 2.24) is 10.6 Å². The van der Waals surface area contributed by atoms with Crippen molar-refractivity contribution in [3.05, 3.63) is 0 Å². The molecule has 1 amide bonds. The highest BCUT2D eigenvalue weighted by Gasteiger charge is 2.37. The van der Waals surface area contributed by atoms with Crippen LogP contribution in [0.3, 0.4) is 0 Å². The normalized spacial score (nSPS) is 18.8. The van der Waals surface area contributed by atoms with Crippen LogP contribution in [0.15, 0.2) is 0 Å². The quantitative estimate of drug-likeness (QED) is 0.631. The second-order valence-electron chi connectivity index (χ2n) is 3.94. The summed E-state index contributed by atoms with van der Waals surface area (Å²) in [6.45, 7) is 3.84. The molecule has 0 atom stereocenters. The van der Waals surface area contributed by atoms with Crippen LogP contribution in [0.2, 0.25) is 0 Å². The molecule has 0 heterocycles. The molecule has 3 nitrogen and oxygen atoms in total. The molecule has 0 aromatic rings. The smallest absolute Gasteiger partial charge is 0.221 e. The van der Waals surface area contributed by atoms with Gasteiger partial charge in [-0.1, -0.05) is 6.92 Å². The van der Waals surface area contributed by atoms with E-state index in [9.17, 15) is 4.79 Å². The van der Waals surface area contributed by atoms with Crippen molar-refractivity contribution in [2.75, 3.05) is 20.1 Å². The van der Waals surface area contributed by atoms with Crippen LogP contribution >= 0.6 is 0 Å². The molecule has 70 valence electrons. The second kappa shape index (κ2) is 3.90. The third kappa shape index (κ3) is 3.22. The number of carbonyl (C=O) groups excluding carboxylic acids is 1. The number of rotatable bonds is 5. The van der Waals surface area contributed by atoms with E-state index >= 15 is 0 Å². The molecule has 2 N–H and O–H groups in total. The summed E-state index contributed by atoms with van der Waals surface area (Å²) in [5, 5.41) is 5.89. The van der Waals surface area contributed by atoms with Gasteiger partial charge in [0.05, 0.1) is 0 Å². The Kier molecular flexibility index (Phi) is 3.09. The van der Waals surface area contributed by atoms with Gasteiger partial charge in [-0.2, -0.15) is 0 Å². The molecule has 0 radical (unpaired) electrons. The standard InChI is InChI=1S/C9H18N2O/c1-9(4-5-9)7-11-8(12)3-6-10-2/h10H,3-7H2,1-2H3,(H,11,12). The van der Waals surface area contributed by atoms with Gasteiger partial charge >= 0.3 is 0 Å². The molecule has 0 unspecified atom stereocenters. The van der Waals surface area contributed by atoms with Crippen molar-refractivity contribution in [3.8, 4) is 0 Å². The lowest BCUT2D eigenvalue weighted by Gasteiger charge is -2.09. The first-order valence-electron chi connectivity index (χ1n) is 4.58. The summed E-state index contributed by atoms with van der Waals surface area (Å²) in [4.78, 5) is 11.1. The highest BCUT2D eigenvalue weighted by Crippen LogP contribution is 2.43. The molecule has 1 aliphatic carbocycles. The van der Waals surface area contributed by atoms with Gasteiger partial charge in [-0.3, -0.25) is 4.79 Å². The van der Waals surface area contributed by atoms with E-state index in [0.717, 1.165) is 13.1 Å². The fourth-order valence-electron chi connectivity index (χ4n) is 1.03. The zero-order valence-electron chi connectivity index (χ0n) is 7.94. The van der Waals surface area contributed by atoms with E-state index in [1.54, 1.807) is 0 Å². The van der Waals surface area contributed by atoms with E-state index < -0.39 is 0 Å². The van der Waals surface area contributed by atoms with Gasteiger partial charge in [-0.15, -0.1) is 0 Å². The third-order valence-electron chi connectivity index (χ3n) is 2.42. The Balaban J connectivity index is 2.02. The van der Waals surface area contributed by atoms with E-state index in [1.807, 2.05) is 7.05 Å². The monoisotopic (exact) mass is 170 g/mol. The first kappa shape index (κ1) is 9.52. The maximum atomic E-state index is 11.1. The van der Waals surface area contributed by atoms with Crippen molar-refractivity contribution in [3.63, 3.8) is 0 Å². The van der Waals surface area contributed by atoms with E-state index in [-0.39, 0.29) is 5.91 Å². The van der Waals surface area contributed by atoms with Crippen LogP contribution in [-0.2, 0) is 4.79 Å². The summed E-state index contributed by atoms with van der Waals surface area (Å²) in [6, 6.07) is 0. The zero-order chi connectivity index (χ0) is 9.03. The molecule has 0 aromatic carbocycles. The summed E-state index contributed by atoms with van der Waals surface area (Å²) in [6.07, 6.45) is 3.12. The lowest BCUT2D eigenvalue weighted by atomic mass is 10.1. The molecule has 0 spiro atoms. The second-order valence-corrected chi connectivity index (χ2v) is 3.94. The van der Waals surface area contributed by atoms with E-state index in [2.05, 4.69) is 17.6 Å². The van der Waals surface area contributed by atoms with Crippen LogP contribution < -0.4 is 10.6 Å². The fraction of sp³-hybridized carbons (Fsp3) is 0.889. The molecule has 1 fully saturated rings.